The molecule has 1 unspecified atom stereocenters. The molecule has 2 saturated heterocycles. The van der Waals surface area contributed by atoms with Crippen LogP contribution in [0.5, 0.6) is 0 Å². The molecular formula is C18H35IN6O2. The number of carbonyl (C=O) groups excluding carboxylic acids is 2. The van der Waals surface area contributed by atoms with E-state index in [9.17, 15) is 9.59 Å². The number of piperidine rings is 1. The van der Waals surface area contributed by atoms with E-state index in [1.165, 1.54) is 0 Å². The highest BCUT2D eigenvalue weighted by Crippen LogP contribution is 2.15. The van der Waals surface area contributed by atoms with Crippen molar-refractivity contribution >= 4 is 41.8 Å². The van der Waals surface area contributed by atoms with Gasteiger partial charge in [-0.2, -0.15) is 0 Å². The third-order valence-corrected chi connectivity index (χ3v) is 5.03. The van der Waals surface area contributed by atoms with Gasteiger partial charge in [0.15, 0.2) is 5.96 Å². The lowest BCUT2D eigenvalue weighted by Crippen LogP contribution is -2.43. The number of guanidine groups is 1. The molecule has 2 aliphatic rings. The second kappa shape index (κ2) is 13.1. The van der Waals surface area contributed by atoms with Crippen LogP contribution in [0.3, 0.4) is 0 Å². The van der Waals surface area contributed by atoms with Crippen LogP contribution in [0.15, 0.2) is 4.99 Å². The lowest BCUT2D eigenvalue weighted by Gasteiger charge is -2.31. The second-order valence-corrected chi connectivity index (χ2v) is 7.11. The molecule has 0 radical (unpaired) electrons. The molecule has 2 amide bonds. The summed E-state index contributed by atoms with van der Waals surface area (Å²) >= 11 is 0. The summed E-state index contributed by atoms with van der Waals surface area (Å²) in [5.74, 6) is 0.600. The molecule has 0 saturated carbocycles. The molecule has 0 bridgehead atoms. The number of aliphatic imine (C=N–C) groups is 1. The molecule has 156 valence electrons. The number of carbonyl (C=O) groups is 2. The van der Waals surface area contributed by atoms with E-state index in [-0.39, 0.29) is 48.3 Å². The van der Waals surface area contributed by atoms with Gasteiger partial charge in [-0.3, -0.25) is 9.59 Å². The van der Waals surface area contributed by atoms with Crippen molar-refractivity contribution in [2.45, 2.75) is 39.0 Å². The van der Waals surface area contributed by atoms with Gasteiger partial charge in [0.2, 0.25) is 11.8 Å². The van der Waals surface area contributed by atoms with Crippen molar-refractivity contribution in [1.82, 2.24) is 20.4 Å². The Morgan fingerprint density at radius 3 is 2.56 bits per heavy atom. The molecule has 2 aliphatic heterocycles. The molecule has 4 N–H and O–H groups in total. The summed E-state index contributed by atoms with van der Waals surface area (Å²) in [4.78, 5) is 32.0. The minimum atomic E-state index is -0.183. The van der Waals surface area contributed by atoms with Crippen molar-refractivity contribution in [2.75, 3.05) is 52.4 Å². The highest BCUT2D eigenvalue weighted by molar-refractivity contribution is 14.0. The van der Waals surface area contributed by atoms with Crippen LogP contribution in [0.25, 0.3) is 0 Å². The van der Waals surface area contributed by atoms with E-state index in [0.717, 1.165) is 77.9 Å². The van der Waals surface area contributed by atoms with E-state index >= 15 is 0 Å². The largest absolute Gasteiger partial charge is 0.369 e. The van der Waals surface area contributed by atoms with E-state index < -0.39 is 0 Å². The van der Waals surface area contributed by atoms with Crippen LogP contribution in [0.2, 0.25) is 0 Å². The third kappa shape index (κ3) is 8.63. The standard InChI is InChI=1S/C18H34N6O2.HI/c1-2-20-18(22-13-16(25)24-11-3-4-12-24)21-8-6-10-23-9-5-7-15(14-23)17(19)26;/h15H,2-14H2,1H3,(H2,19,26)(H2,20,21,22);1H. The first kappa shape index (κ1) is 23.9. The van der Waals surface area contributed by atoms with Gasteiger partial charge in [-0.05, 0) is 52.1 Å². The smallest absolute Gasteiger partial charge is 0.244 e. The van der Waals surface area contributed by atoms with Crippen LogP contribution >= 0.6 is 24.0 Å². The number of likely N-dealkylation sites (tertiary alicyclic amines) is 2. The highest BCUT2D eigenvalue weighted by Gasteiger charge is 2.23. The summed E-state index contributed by atoms with van der Waals surface area (Å²) in [5.41, 5.74) is 5.43. The van der Waals surface area contributed by atoms with Gasteiger partial charge < -0.3 is 26.2 Å². The van der Waals surface area contributed by atoms with E-state index in [0.29, 0.717) is 5.96 Å². The van der Waals surface area contributed by atoms with Crippen LogP contribution in [0.1, 0.15) is 39.0 Å². The fourth-order valence-corrected chi connectivity index (χ4v) is 3.56. The van der Waals surface area contributed by atoms with Crippen LogP contribution in [-0.4, -0.2) is 79.9 Å². The van der Waals surface area contributed by atoms with Gasteiger partial charge in [-0.25, -0.2) is 4.99 Å². The summed E-state index contributed by atoms with van der Waals surface area (Å²) in [7, 11) is 0. The van der Waals surface area contributed by atoms with Gasteiger partial charge in [0.25, 0.3) is 0 Å². The van der Waals surface area contributed by atoms with E-state index in [4.69, 9.17) is 5.73 Å². The first-order valence-electron chi connectivity index (χ1n) is 9.91. The zero-order valence-corrected chi connectivity index (χ0v) is 18.7. The highest BCUT2D eigenvalue weighted by atomic mass is 127. The third-order valence-electron chi connectivity index (χ3n) is 5.03. The molecule has 0 spiro atoms. The van der Waals surface area contributed by atoms with Gasteiger partial charge in [-0.15, -0.1) is 24.0 Å². The van der Waals surface area contributed by atoms with Crippen molar-refractivity contribution < 1.29 is 9.59 Å². The number of primary amides is 1. The minimum absolute atomic E-state index is 0. The molecule has 0 aromatic rings. The van der Waals surface area contributed by atoms with Gasteiger partial charge in [0.05, 0.1) is 5.92 Å². The first-order valence-corrected chi connectivity index (χ1v) is 9.91. The number of nitrogens with zero attached hydrogens (tertiary/aromatic N) is 3. The Morgan fingerprint density at radius 1 is 1.15 bits per heavy atom. The first-order chi connectivity index (χ1) is 12.6. The Morgan fingerprint density at radius 2 is 1.89 bits per heavy atom. The summed E-state index contributed by atoms with van der Waals surface area (Å²) in [6, 6.07) is 0. The molecule has 0 aromatic carbocycles. The number of hydrogen-bond donors (Lipinski definition) is 3. The Bertz CT molecular complexity index is 496. The molecule has 2 fully saturated rings. The van der Waals surface area contributed by atoms with Crippen LogP contribution in [-0.2, 0) is 9.59 Å². The number of nitrogens with one attached hydrogen (secondary N) is 2. The second-order valence-electron chi connectivity index (χ2n) is 7.11. The Kier molecular flexibility index (Phi) is 11.7. The van der Waals surface area contributed by atoms with Gasteiger partial charge in [0.1, 0.15) is 6.54 Å². The quantitative estimate of drug-likeness (QED) is 0.196. The summed E-state index contributed by atoms with van der Waals surface area (Å²) < 4.78 is 0. The normalized spacial score (nSPS) is 20.9. The molecule has 2 rings (SSSR count). The van der Waals surface area contributed by atoms with Crippen molar-refractivity contribution in [3.63, 3.8) is 0 Å². The molecule has 9 heteroatoms. The maximum Gasteiger partial charge on any atom is 0.244 e. The van der Waals surface area contributed by atoms with E-state index in [2.05, 4.69) is 20.5 Å². The fraction of sp³-hybridized carbons (Fsp3) is 0.833. The summed E-state index contributed by atoms with van der Waals surface area (Å²) in [6.45, 7) is 8.20. The minimum Gasteiger partial charge on any atom is -0.369 e. The maximum absolute atomic E-state index is 12.1. The number of hydrogen-bond acceptors (Lipinski definition) is 4. The Balaban J connectivity index is 0.00000364. The summed E-state index contributed by atoms with van der Waals surface area (Å²) in [5, 5.41) is 6.47. The van der Waals surface area contributed by atoms with E-state index in [1.807, 2.05) is 11.8 Å². The Hall–Kier alpha value is -1.10. The molecule has 27 heavy (non-hydrogen) atoms. The predicted octanol–water partition coefficient (Wildman–Crippen LogP) is 0.369. The maximum atomic E-state index is 12.1. The number of rotatable bonds is 8. The van der Waals surface area contributed by atoms with Crippen molar-refractivity contribution in [3.8, 4) is 0 Å². The van der Waals surface area contributed by atoms with Gasteiger partial charge in [0, 0.05) is 32.7 Å². The fourth-order valence-electron chi connectivity index (χ4n) is 3.56. The van der Waals surface area contributed by atoms with Crippen LogP contribution in [0, 0.1) is 5.92 Å². The number of amides is 2. The molecular weight excluding hydrogens is 459 g/mol. The number of halogens is 1. The van der Waals surface area contributed by atoms with Gasteiger partial charge in [-0.1, -0.05) is 0 Å². The predicted molar refractivity (Wildman–Crippen MR) is 118 cm³/mol. The topological polar surface area (TPSA) is 103 Å². The van der Waals surface area contributed by atoms with Gasteiger partial charge >= 0.3 is 0 Å². The molecule has 0 aromatic heterocycles. The molecule has 8 nitrogen and oxygen atoms in total. The van der Waals surface area contributed by atoms with Crippen molar-refractivity contribution in [3.05, 3.63) is 0 Å². The zero-order chi connectivity index (χ0) is 18.8. The van der Waals surface area contributed by atoms with Crippen molar-refractivity contribution in [2.24, 2.45) is 16.6 Å². The number of nitrogens with two attached hydrogens (primary N) is 1. The molecule has 0 aliphatic carbocycles. The zero-order valence-electron chi connectivity index (χ0n) is 16.4. The lowest BCUT2D eigenvalue weighted by atomic mass is 9.97. The molecule has 2 heterocycles. The van der Waals surface area contributed by atoms with Crippen molar-refractivity contribution in [1.29, 1.82) is 0 Å². The summed E-state index contributed by atoms with van der Waals surface area (Å²) in [6.07, 6.45) is 5.09. The van der Waals surface area contributed by atoms with E-state index in [1.54, 1.807) is 0 Å². The van der Waals surface area contributed by atoms with Crippen LogP contribution < -0.4 is 16.4 Å². The average Bonchev–Trinajstić information content (AvgIpc) is 3.18. The monoisotopic (exact) mass is 494 g/mol. The lowest BCUT2D eigenvalue weighted by molar-refractivity contribution is -0.128. The SMILES string of the molecule is CCNC(=NCC(=O)N1CCCC1)NCCCN1CCCC(C(N)=O)C1.I. The van der Waals surface area contributed by atoms with Crippen LogP contribution in [0.4, 0.5) is 0 Å². The molecule has 1 atom stereocenters. The average molecular weight is 494 g/mol. The Labute approximate surface area is 179 Å².